The molecule has 0 saturated heterocycles. The molecule has 0 aromatic heterocycles. The Morgan fingerprint density at radius 3 is 2.79 bits per heavy atom. The molecule has 0 aromatic carbocycles. The molecule has 1 aliphatic rings. The number of carbonyl (C=O) groups is 1. The maximum Gasteiger partial charge on any atom is 0.330 e. The first-order valence-corrected chi connectivity index (χ1v) is 6.90. The first-order chi connectivity index (χ1) is 8.78. The lowest BCUT2D eigenvalue weighted by Gasteiger charge is -2.44. The molecule has 0 amide bonds. The van der Waals surface area contributed by atoms with E-state index >= 15 is 0 Å². The predicted molar refractivity (Wildman–Crippen MR) is 76.7 cm³/mol. The molecule has 0 spiro atoms. The van der Waals surface area contributed by atoms with Crippen molar-refractivity contribution in [2.75, 3.05) is 7.11 Å². The monoisotopic (exact) mass is 266 g/mol. The maximum absolute atomic E-state index is 11.2. The van der Waals surface area contributed by atoms with Crippen LogP contribution >= 0.6 is 0 Å². The fraction of sp³-hybridized carbons (Fsp3) is 0.688. The summed E-state index contributed by atoms with van der Waals surface area (Å²) in [6.07, 6.45) is 4.72. The van der Waals surface area contributed by atoms with Gasteiger partial charge in [-0.15, -0.1) is 0 Å². The maximum atomic E-state index is 11.2. The molecular weight excluding hydrogens is 240 g/mol. The summed E-state index contributed by atoms with van der Waals surface area (Å²) in [6.45, 7) is 10.3. The second kappa shape index (κ2) is 6.38. The Bertz CT molecular complexity index is 379. The highest BCUT2D eigenvalue weighted by Crippen LogP contribution is 2.45. The van der Waals surface area contributed by atoms with Crippen LogP contribution in [0.15, 0.2) is 23.8 Å². The molecule has 1 fully saturated rings. The Balaban J connectivity index is 2.67. The van der Waals surface area contributed by atoms with E-state index in [1.54, 1.807) is 0 Å². The minimum atomic E-state index is -0.306. The second-order valence-electron chi connectivity index (χ2n) is 6.14. The molecule has 3 nitrogen and oxygen atoms in total. The van der Waals surface area contributed by atoms with E-state index in [0.29, 0.717) is 5.92 Å². The third kappa shape index (κ3) is 3.93. The molecule has 1 aliphatic carbocycles. The summed E-state index contributed by atoms with van der Waals surface area (Å²) in [5, 5.41) is 10.1. The summed E-state index contributed by atoms with van der Waals surface area (Å²) in [6, 6.07) is 0. The summed E-state index contributed by atoms with van der Waals surface area (Å²) in [5.74, 6) is -0.00323. The Morgan fingerprint density at radius 1 is 1.58 bits per heavy atom. The van der Waals surface area contributed by atoms with Crippen LogP contribution in [0.3, 0.4) is 0 Å². The van der Waals surface area contributed by atoms with E-state index in [9.17, 15) is 9.90 Å². The summed E-state index contributed by atoms with van der Waals surface area (Å²) < 4.78 is 4.62. The van der Waals surface area contributed by atoms with Crippen molar-refractivity contribution in [3.8, 4) is 0 Å². The second-order valence-corrected chi connectivity index (χ2v) is 6.14. The lowest BCUT2D eigenvalue weighted by atomic mass is 9.63. The molecule has 0 bridgehead atoms. The van der Waals surface area contributed by atoms with Gasteiger partial charge in [-0.1, -0.05) is 31.6 Å². The van der Waals surface area contributed by atoms with E-state index in [-0.39, 0.29) is 17.5 Å². The lowest BCUT2D eigenvalue weighted by molar-refractivity contribution is -0.134. The minimum absolute atomic E-state index is 0.138. The quantitative estimate of drug-likeness (QED) is 0.483. The Labute approximate surface area is 116 Å². The first kappa shape index (κ1) is 16.0. The molecule has 1 rings (SSSR count). The first-order valence-electron chi connectivity index (χ1n) is 6.90. The number of aliphatic hydroxyl groups excluding tert-OH is 1. The van der Waals surface area contributed by atoms with Crippen LogP contribution in [0.4, 0.5) is 0 Å². The molecule has 0 heterocycles. The van der Waals surface area contributed by atoms with Crippen molar-refractivity contribution in [3.05, 3.63) is 23.8 Å². The Kier molecular flexibility index (Phi) is 5.36. The van der Waals surface area contributed by atoms with Crippen molar-refractivity contribution in [3.63, 3.8) is 0 Å². The van der Waals surface area contributed by atoms with Gasteiger partial charge in [-0.25, -0.2) is 4.79 Å². The van der Waals surface area contributed by atoms with Gasteiger partial charge in [-0.2, -0.15) is 0 Å². The molecule has 2 atom stereocenters. The van der Waals surface area contributed by atoms with Gasteiger partial charge in [-0.05, 0) is 43.9 Å². The van der Waals surface area contributed by atoms with Gasteiger partial charge in [0.2, 0.25) is 0 Å². The Hall–Kier alpha value is -1.09. The van der Waals surface area contributed by atoms with Crippen molar-refractivity contribution in [2.24, 2.45) is 11.3 Å². The smallest absolute Gasteiger partial charge is 0.330 e. The number of aliphatic hydroxyl groups is 1. The molecule has 0 aromatic rings. The molecule has 0 aliphatic heterocycles. The number of ether oxygens (including phenoxy) is 1. The van der Waals surface area contributed by atoms with Gasteiger partial charge in [0.05, 0.1) is 13.2 Å². The zero-order chi connectivity index (χ0) is 14.6. The molecule has 19 heavy (non-hydrogen) atoms. The molecule has 3 heteroatoms. The lowest BCUT2D eigenvalue weighted by Crippen LogP contribution is -2.41. The van der Waals surface area contributed by atoms with Crippen LogP contribution in [0, 0.1) is 11.3 Å². The fourth-order valence-corrected chi connectivity index (χ4v) is 2.91. The van der Waals surface area contributed by atoms with Crippen LogP contribution < -0.4 is 0 Å². The third-order valence-electron chi connectivity index (χ3n) is 4.38. The number of rotatable bonds is 4. The van der Waals surface area contributed by atoms with E-state index < -0.39 is 0 Å². The zero-order valence-corrected chi connectivity index (χ0v) is 12.5. The van der Waals surface area contributed by atoms with Gasteiger partial charge < -0.3 is 9.84 Å². The van der Waals surface area contributed by atoms with Crippen LogP contribution in [0.25, 0.3) is 0 Å². The number of esters is 1. The predicted octanol–water partition coefficient (Wildman–Crippen LogP) is 3.24. The topological polar surface area (TPSA) is 46.5 Å². The largest absolute Gasteiger partial charge is 0.466 e. The van der Waals surface area contributed by atoms with Gasteiger partial charge in [0, 0.05) is 6.08 Å². The normalized spacial score (nSPS) is 27.2. The Morgan fingerprint density at radius 2 is 2.21 bits per heavy atom. The van der Waals surface area contributed by atoms with Crippen molar-refractivity contribution >= 4 is 5.97 Å². The van der Waals surface area contributed by atoms with E-state index in [1.165, 1.54) is 18.8 Å². The fourth-order valence-electron chi connectivity index (χ4n) is 2.91. The SMILES string of the molecule is C=C1CCC(O)C(C)(C)C1CCC(C)=CC(=O)OC. The number of allylic oxidation sites excluding steroid dienone is 2. The highest BCUT2D eigenvalue weighted by atomic mass is 16.5. The molecular formula is C16H26O3. The highest BCUT2D eigenvalue weighted by molar-refractivity contribution is 5.82. The van der Waals surface area contributed by atoms with Gasteiger partial charge >= 0.3 is 5.97 Å². The molecule has 1 saturated carbocycles. The number of carbonyl (C=O) groups excluding carboxylic acids is 1. The zero-order valence-electron chi connectivity index (χ0n) is 12.5. The molecule has 0 radical (unpaired) electrons. The summed E-state index contributed by atoms with van der Waals surface area (Å²) in [4.78, 5) is 11.2. The van der Waals surface area contributed by atoms with E-state index in [1.807, 2.05) is 6.92 Å². The van der Waals surface area contributed by atoms with Crippen molar-refractivity contribution in [2.45, 2.75) is 52.6 Å². The summed E-state index contributed by atoms with van der Waals surface area (Å²) in [7, 11) is 1.38. The number of hydrogen-bond donors (Lipinski definition) is 1. The van der Waals surface area contributed by atoms with Crippen molar-refractivity contribution in [1.82, 2.24) is 0 Å². The van der Waals surface area contributed by atoms with E-state index in [0.717, 1.165) is 31.3 Å². The molecule has 108 valence electrons. The standard InChI is InChI=1S/C16H26O3/c1-11(10-15(18)19-5)6-8-13-12(2)7-9-14(17)16(13,3)4/h10,13-14,17H,2,6-9H2,1,3-5H3. The van der Waals surface area contributed by atoms with Gasteiger partial charge in [0.1, 0.15) is 0 Å². The van der Waals surface area contributed by atoms with E-state index in [4.69, 9.17) is 0 Å². The molecule has 1 N–H and O–H groups in total. The van der Waals surface area contributed by atoms with Gasteiger partial charge in [0.15, 0.2) is 0 Å². The highest BCUT2D eigenvalue weighted by Gasteiger charge is 2.40. The average Bonchev–Trinajstić information content (AvgIpc) is 2.33. The minimum Gasteiger partial charge on any atom is -0.466 e. The van der Waals surface area contributed by atoms with Gasteiger partial charge in [0.25, 0.3) is 0 Å². The summed E-state index contributed by atoms with van der Waals surface area (Å²) >= 11 is 0. The van der Waals surface area contributed by atoms with Crippen LogP contribution in [-0.4, -0.2) is 24.3 Å². The summed E-state index contributed by atoms with van der Waals surface area (Å²) in [5.41, 5.74) is 2.10. The number of hydrogen-bond acceptors (Lipinski definition) is 3. The van der Waals surface area contributed by atoms with Crippen LogP contribution in [0.2, 0.25) is 0 Å². The molecule has 2 unspecified atom stereocenters. The van der Waals surface area contributed by atoms with E-state index in [2.05, 4.69) is 25.2 Å². The van der Waals surface area contributed by atoms with Gasteiger partial charge in [-0.3, -0.25) is 0 Å². The van der Waals surface area contributed by atoms with Crippen LogP contribution in [0.1, 0.15) is 46.5 Å². The van der Waals surface area contributed by atoms with Crippen LogP contribution in [0.5, 0.6) is 0 Å². The van der Waals surface area contributed by atoms with Crippen LogP contribution in [-0.2, 0) is 9.53 Å². The average molecular weight is 266 g/mol. The van der Waals surface area contributed by atoms with Crippen molar-refractivity contribution < 1.29 is 14.6 Å². The number of methoxy groups -OCH3 is 1. The third-order valence-corrected chi connectivity index (χ3v) is 4.38. The van der Waals surface area contributed by atoms with Crippen molar-refractivity contribution in [1.29, 1.82) is 0 Å².